The van der Waals surface area contributed by atoms with E-state index in [0.717, 1.165) is 0 Å². The molecule has 0 saturated carbocycles. The van der Waals surface area contributed by atoms with Crippen LogP contribution in [0.1, 0.15) is 16.1 Å². The van der Waals surface area contributed by atoms with Crippen LogP contribution >= 0.6 is 11.6 Å². The lowest BCUT2D eigenvalue weighted by Gasteiger charge is -2.06. The van der Waals surface area contributed by atoms with E-state index in [0.29, 0.717) is 0 Å². The number of hydrogen-bond donors (Lipinski definition) is 0. The molecule has 0 aliphatic carbocycles. The number of ether oxygens (including phenoxy) is 2. The molecule has 0 bridgehead atoms. The quantitative estimate of drug-likeness (QED) is 0.478. The first-order valence-corrected chi connectivity index (χ1v) is 6.12. The van der Waals surface area contributed by atoms with Crippen molar-refractivity contribution in [1.29, 1.82) is 0 Å². The highest BCUT2D eigenvalue weighted by Gasteiger charge is 2.19. The van der Waals surface area contributed by atoms with Crippen LogP contribution in [-0.2, 0) is 11.3 Å². The second-order valence-corrected chi connectivity index (χ2v) is 4.34. The van der Waals surface area contributed by atoms with Gasteiger partial charge in [0.1, 0.15) is 12.2 Å². The van der Waals surface area contributed by atoms with Crippen LogP contribution in [0.3, 0.4) is 0 Å². The molecule has 8 heteroatoms. The maximum Gasteiger partial charge on any atom is 0.341 e. The van der Waals surface area contributed by atoms with Crippen molar-refractivity contribution in [2.45, 2.75) is 6.61 Å². The second-order valence-electron chi connectivity index (χ2n) is 3.91. The van der Waals surface area contributed by atoms with E-state index >= 15 is 0 Å². The number of benzene rings is 1. The SMILES string of the molecule is COC(=O)c1ccoc1COc1ccc(Cl)cc1[N+](=O)[O-]. The summed E-state index contributed by atoms with van der Waals surface area (Å²) in [5, 5.41) is 11.2. The Labute approximate surface area is 124 Å². The molecule has 0 aliphatic heterocycles. The van der Waals surface area contributed by atoms with Gasteiger partial charge in [-0.2, -0.15) is 0 Å². The first-order valence-electron chi connectivity index (χ1n) is 5.74. The van der Waals surface area contributed by atoms with Gasteiger partial charge in [-0.3, -0.25) is 10.1 Å². The standard InChI is InChI=1S/C13H10ClNO6/c1-19-13(16)9-4-5-20-12(9)7-21-11-3-2-8(14)6-10(11)15(17)18/h2-6H,7H2,1H3. The Bertz CT molecular complexity index is 681. The lowest BCUT2D eigenvalue weighted by Crippen LogP contribution is -2.06. The zero-order valence-electron chi connectivity index (χ0n) is 10.9. The summed E-state index contributed by atoms with van der Waals surface area (Å²) in [6.45, 7) is -0.153. The summed E-state index contributed by atoms with van der Waals surface area (Å²) in [5.41, 5.74) is -0.0669. The third-order valence-electron chi connectivity index (χ3n) is 2.63. The van der Waals surface area contributed by atoms with Crippen molar-refractivity contribution in [2.75, 3.05) is 7.11 Å². The first kappa shape index (κ1) is 14.9. The number of hydrogen-bond acceptors (Lipinski definition) is 6. The summed E-state index contributed by atoms with van der Waals surface area (Å²) >= 11 is 5.71. The zero-order valence-corrected chi connectivity index (χ0v) is 11.6. The average molecular weight is 312 g/mol. The molecule has 0 radical (unpaired) electrons. The molecule has 21 heavy (non-hydrogen) atoms. The van der Waals surface area contributed by atoms with Gasteiger partial charge in [0.25, 0.3) is 0 Å². The van der Waals surface area contributed by atoms with E-state index in [1.165, 1.54) is 37.6 Å². The molecule has 7 nitrogen and oxygen atoms in total. The maximum absolute atomic E-state index is 11.5. The highest BCUT2D eigenvalue weighted by Crippen LogP contribution is 2.30. The molecular formula is C13H10ClNO6. The van der Waals surface area contributed by atoms with Crippen molar-refractivity contribution in [3.8, 4) is 5.75 Å². The minimum Gasteiger partial charge on any atom is -0.479 e. The van der Waals surface area contributed by atoms with Gasteiger partial charge in [0, 0.05) is 11.1 Å². The minimum atomic E-state index is -0.607. The first-order chi connectivity index (χ1) is 10.0. The van der Waals surface area contributed by atoms with Gasteiger partial charge in [-0.15, -0.1) is 0 Å². The van der Waals surface area contributed by atoms with Crippen LogP contribution < -0.4 is 4.74 Å². The van der Waals surface area contributed by atoms with Crippen LogP contribution in [0.4, 0.5) is 5.69 Å². The van der Waals surface area contributed by atoms with Crippen LogP contribution in [-0.4, -0.2) is 18.0 Å². The van der Waals surface area contributed by atoms with Crippen molar-refractivity contribution in [3.05, 3.63) is 57.0 Å². The van der Waals surface area contributed by atoms with Crippen molar-refractivity contribution in [3.63, 3.8) is 0 Å². The van der Waals surface area contributed by atoms with Gasteiger partial charge in [0.05, 0.1) is 18.3 Å². The molecule has 110 valence electrons. The Morgan fingerprint density at radius 3 is 2.86 bits per heavy atom. The number of nitro groups is 1. The molecule has 0 unspecified atom stereocenters. The monoisotopic (exact) mass is 311 g/mol. The number of nitro benzene ring substituents is 1. The van der Waals surface area contributed by atoms with Crippen LogP contribution in [0.2, 0.25) is 5.02 Å². The molecular weight excluding hydrogens is 302 g/mol. The molecule has 2 rings (SSSR count). The molecule has 0 aliphatic rings. The van der Waals surface area contributed by atoms with Gasteiger partial charge < -0.3 is 13.9 Å². The van der Waals surface area contributed by atoms with Crippen LogP contribution in [0.15, 0.2) is 34.9 Å². The maximum atomic E-state index is 11.5. The fourth-order valence-electron chi connectivity index (χ4n) is 1.64. The highest BCUT2D eigenvalue weighted by molar-refractivity contribution is 6.30. The van der Waals surface area contributed by atoms with Crippen LogP contribution in [0, 0.1) is 10.1 Å². The van der Waals surface area contributed by atoms with E-state index in [-0.39, 0.29) is 34.4 Å². The minimum absolute atomic E-state index is 0.0246. The molecule has 0 saturated heterocycles. The van der Waals surface area contributed by atoms with Gasteiger partial charge in [0.2, 0.25) is 0 Å². The number of nitrogens with zero attached hydrogens (tertiary/aromatic N) is 1. The lowest BCUT2D eigenvalue weighted by molar-refractivity contribution is -0.385. The van der Waals surface area contributed by atoms with Gasteiger partial charge >= 0.3 is 11.7 Å². The molecule has 1 heterocycles. The van der Waals surface area contributed by atoms with E-state index in [1.54, 1.807) is 0 Å². The van der Waals surface area contributed by atoms with E-state index < -0.39 is 10.9 Å². The van der Waals surface area contributed by atoms with Gasteiger partial charge in [0.15, 0.2) is 11.5 Å². The number of furan rings is 1. The molecule has 0 fully saturated rings. The summed E-state index contributed by atoms with van der Waals surface area (Å²) in [5.74, 6) is -0.337. The number of carbonyl (C=O) groups is 1. The number of carbonyl (C=O) groups excluding carboxylic acids is 1. The molecule has 1 aromatic heterocycles. The Morgan fingerprint density at radius 1 is 1.43 bits per heavy atom. The van der Waals surface area contributed by atoms with Crippen LogP contribution in [0.5, 0.6) is 5.75 Å². The summed E-state index contributed by atoms with van der Waals surface area (Å²) in [6, 6.07) is 5.45. The van der Waals surface area contributed by atoms with E-state index in [4.69, 9.17) is 20.8 Å². The van der Waals surface area contributed by atoms with Gasteiger partial charge in [-0.25, -0.2) is 4.79 Å². The molecule has 0 atom stereocenters. The average Bonchev–Trinajstić information content (AvgIpc) is 2.93. The van der Waals surface area contributed by atoms with Gasteiger partial charge in [-0.05, 0) is 18.2 Å². The number of halogens is 1. The topological polar surface area (TPSA) is 91.8 Å². The normalized spacial score (nSPS) is 10.2. The lowest BCUT2D eigenvalue weighted by atomic mass is 10.2. The molecule has 1 aromatic carbocycles. The van der Waals surface area contributed by atoms with Crippen molar-refractivity contribution in [2.24, 2.45) is 0 Å². The number of rotatable bonds is 5. The fourth-order valence-corrected chi connectivity index (χ4v) is 1.81. The van der Waals surface area contributed by atoms with Gasteiger partial charge in [-0.1, -0.05) is 11.6 Å². The Hall–Kier alpha value is -2.54. The molecule has 0 amide bonds. The predicted molar refractivity (Wildman–Crippen MR) is 72.5 cm³/mol. The molecule has 2 aromatic rings. The Kier molecular flexibility index (Phi) is 4.44. The highest BCUT2D eigenvalue weighted by atomic mass is 35.5. The summed E-state index contributed by atoms with van der Waals surface area (Å²) < 4.78 is 15.0. The van der Waals surface area contributed by atoms with E-state index in [2.05, 4.69) is 4.74 Å². The smallest absolute Gasteiger partial charge is 0.341 e. The fraction of sp³-hybridized carbons (Fsp3) is 0.154. The van der Waals surface area contributed by atoms with E-state index in [1.807, 2.05) is 0 Å². The summed E-state index contributed by atoms with van der Waals surface area (Å²) in [4.78, 5) is 21.8. The Balaban J connectivity index is 2.19. The predicted octanol–water partition coefficient (Wildman–Crippen LogP) is 3.21. The second kappa shape index (κ2) is 6.27. The molecule has 0 spiro atoms. The number of esters is 1. The third kappa shape index (κ3) is 3.32. The third-order valence-corrected chi connectivity index (χ3v) is 2.86. The largest absolute Gasteiger partial charge is 0.479 e. The van der Waals surface area contributed by atoms with Crippen molar-refractivity contribution >= 4 is 23.3 Å². The molecule has 0 N–H and O–H groups in total. The van der Waals surface area contributed by atoms with Crippen molar-refractivity contribution in [1.82, 2.24) is 0 Å². The Morgan fingerprint density at radius 2 is 2.19 bits per heavy atom. The zero-order chi connectivity index (χ0) is 15.4. The summed E-state index contributed by atoms with van der Waals surface area (Å²) in [6.07, 6.45) is 1.31. The van der Waals surface area contributed by atoms with Crippen LogP contribution in [0.25, 0.3) is 0 Å². The summed E-state index contributed by atoms with van der Waals surface area (Å²) in [7, 11) is 1.24. The number of methoxy groups -OCH3 is 1. The van der Waals surface area contributed by atoms with E-state index in [9.17, 15) is 14.9 Å². The van der Waals surface area contributed by atoms with Crippen molar-refractivity contribution < 1.29 is 23.6 Å².